The largest absolute Gasteiger partial charge is 0.478 e. The topological polar surface area (TPSA) is 100 Å². The van der Waals surface area contributed by atoms with Gasteiger partial charge < -0.3 is 10.8 Å². The molecule has 70 valence electrons. The molecule has 0 saturated heterocycles. The fourth-order valence-electron chi connectivity index (χ4n) is 0.840. The summed E-state index contributed by atoms with van der Waals surface area (Å²) in [4.78, 5) is 13.9. The number of nitrogens with zero attached hydrogens (tertiary/aromatic N) is 2. The van der Waals surface area contributed by atoms with Crippen LogP contribution in [0.2, 0.25) is 0 Å². The van der Waals surface area contributed by atoms with Crippen LogP contribution >= 0.6 is 0 Å². The zero-order chi connectivity index (χ0) is 10.6. The minimum absolute atomic E-state index is 0.139. The minimum Gasteiger partial charge on any atom is -0.478 e. The fourth-order valence-corrected chi connectivity index (χ4v) is 0.840. The smallest absolute Gasteiger partial charge is 0.328 e. The molecule has 0 fully saturated rings. The van der Waals surface area contributed by atoms with Gasteiger partial charge in [-0.15, -0.1) is 0 Å². The average molecular weight is 189 g/mol. The highest BCUT2D eigenvalue weighted by Gasteiger charge is 1.99. The first-order valence-corrected chi connectivity index (χ1v) is 3.70. The van der Waals surface area contributed by atoms with Crippen LogP contribution in [0.3, 0.4) is 0 Å². The van der Waals surface area contributed by atoms with Crippen LogP contribution in [0.1, 0.15) is 11.1 Å². The number of aliphatic carboxylic acids is 1. The molecule has 1 heterocycles. The Bertz CT molecular complexity index is 432. The minimum atomic E-state index is -1.06. The molecule has 5 heteroatoms. The van der Waals surface area contributed by atoms with Gasteiger partial charge >= 0.3 is 5.97 Å². The predicted molar refractivity (Wildman–Crippen MR) is 50.0 cm³/mol. The molecule has 3 N–H and O–H groups in total. The Labute approximate surface area is 80.1 Å². The van der Waals surface area contributed by atoms with Crippen LogP contribution in [0.25, 0.3) is 6.08 Å². The zero-order valence-corrected chi connectivity index (χ0v) is 7.14. The van der Waals surface area contributed by atoms with Gasteiger partial charge in [0.1, 0.15) is 11.9 Å². The van der Waals surface area contributed by atoms with Crippen LogP contribution in [0, 0.1) is 11.3 Å². The molecule has 0 atom stereocenters. The monoisotopic (exact) mass is 189 g/mol. The van der Waals surface area contributed by atoms with E-state index in [0.717, 1.165) is 6.08 Å². The zero-order valence-electron chi connectivity index (χ0n) is 7.14. The van der Waals surface area contributed by atoms with Gasteiger partial charge in [0.15, 0.2) is 0 Å². The molecular formula is C9H7N3O2. The third-order valence-corrected chi connectivity index (χ3v) is 1.48. The van der Waals surface area contributed by atoms with E-state index in [1.54, 1.807) is 0 Å². The number of rotatable bonds is 2. The quantitative estimate of drug-likeness (QED) is 0.664. The van der Waals surface area contributed by atoms with E-state index in [2.05, 4.69) is 4.98 Å². The van der Waals surface area contributed by atoms with Crippen LogP contribution in [0.5, 0.6) is 0 Å². The summed E-state index contributed by atoms with van der Waals surface area (Å²) in [6.07, 6.45) is 3.71. The number of pyridine rings is 1. The third-order valence-electron chi connectivity index (χ3n) is 1.48. The SMILES string of the molecule is N#Cc1cc(C=CC(=O)O)cnc1N. The summed E-state index contributed by atoms with van der Waals surface area (Å²) in [6, 6.07) is 3.33. The summed E-state index contributed by atoms with van der Waals surface area (Å²) in [5.74, 6) is -0.916. The number of nitrogen functional groups attached to an aromatic ring is 1. The van der Waals surface area contributed by atoms with Gasteiger partial charge in [-0.25, -0.2) is 9.78 Å². The first-order chi connectivity index (χ1) is 6.63. The molecule has 14 heavy (non-hydrogen) atoms. The fraction of sp³-hybridized carbons (Fsp3) is 0. The van der Waals surface area contributed by atoms with Gasteiger partial charge in [-0.2, -0.15) is 5.26 Å². The predicted octanol–water partition coefficient (Wildman–Crippen LogP) is 0.633. The van der Waals surface area contributed by atoms with Crippen molar-refractivity contribution in [2.45, 2.75) is 0 Å². The second kappa shape index (κ2) is 4.05. The molecule has 0 saturated carbocycles. The van der Waals surface area contributed by atoms with Gasteiger partial charge in [0.05, 0.1) is 5.56 Å². The number of hydrogen-bond donors (Lipinski definition) is 2. The van der Waals surface area contributed by atoms with Gasteiger partial charge in [0.2, 0.25) is 0 Å². The van der Waals surface area contributed by atoms with Crippen LogP contribution < -0.4 is 5.73 Å². The molecule has 1 aromatic rings. The van der Waals surface area contributed by atoms with Gasteiger partial charge in [-0.1, -0.05) is 0 Å². The van der Waals surface area contributed by atoms with E-state index in [1.165, 1.54) is 18.3 Å². The highest BCUT2D eigenvalue weighted by molar-refractivity contribution is 5.85. The maximum atomic E-state index is 10.2. The van der Waals surface area contributed by atoms with Crippen molar-refractivity contribution in [3.05, 3.63) is 29.5 Å². The maximum absolute atomic E-state index is 10.2. The molecule has 0 unspecified atom stereocenters. The lowest BCUT2D eigenvalue weighted by Crippen LogP contribution is -1.95. The number of carbonyl (C=O) groups is 1. The number of carboxylic acid groups (broad SMARTS) is 1. The molecule has 0 bridgehead atoms. The van der Waals surface area contributed by atoms with Crippen LogP contribution in [-0.2, 0) is 4.79 Å². The van der Waals surface area contributed by atoms with Crippen molar-refractivity contribution in [2.24, 2.45) is 0 Å². The Hall–Kier alpha value is -2.35. The van der Waals surface area contributed by atoms with Crippen molar-refractivity contribution in [1.29, 1.82) is 5.26 Å². The summed E-state index contributed by atoms with van der Waals surface area (Å²) in [6.45, 7) is 0. The maximum Gasteiger partial charge on any atom is 0.328 e. The van der Waals surface area contributed by atoms with Crippen molar-refractivity contribution in [3.8, 4) is 6.07 Å². The number of nitriles is 1. The number of aromatic nitrogens is 1. The summed E-state index contributed by atoms with van der Waals surface area (Å²) < 4.78 is 0. The molecule has 0 spiro atoms. The van der Waals surface area contributed by atoms with Crippen LogP contribution in [0.4, 0.5) is 5.82 Å². The number of hydrogen-bond acceptors (Lipinski definition) is 4. The first-order valence-electron chi connectivity index (χ1n) is 3.70. The lowest BCUT2D eigenvalue weighted by Gasteiger charge is -1.96. The van der Waals surface area contributed by atoms with E-state index < -0.39 is 5.97 Å². The standard InChI is InChI=1S/C9H7N3O2/c10-4-7-3-6(1-2-8(13)14)5-12-9(7)11/h1-3,5H,(H2,11,12)(H,13,14). The lowest BCUT2D eigenvalue weighted by molar-refractivity contribution is -0.131. The first kappa shape index (κ1) is 9.74. The molecule has 0 aliphatic heterocycles. The van der Waals surface area contributed by atoms with Gasteiger partial charge in [0.25, 0.3) is 0 Å². The third kappa shape index (κ3) is 2.32. The number of carboxylic acids is 1. The summed E-state index contributed by atoms with van der Waals surface area (Å²) in [7, 11) is 0. The van der Waals surface area contributed by atoms with Gasteiger partial charge in [0, 0.05) is 12.3 Å². The van der Waals surface area contributed by atoms with Crippen molar-refractivity contribution >= 4 is 17.9 Å². The highest BCUT2D eigenvalue weighted by atomic mass is 16.4. The van der Waals surface area contributed by atoms with Crippen molar-refractivity contribution in [1.82, 2.24) is 4.98 Å². The Morgan fingerprint density at radius 1 is 1.71 bits per heavy atom. The second-order valence-electron chi connectivity index (χ2n) is 2.48. The number of nitrogens with two attached hydrogens (primary N) is 1. The summed E-state index contributed by atoms with van der Waals surface area (Å²) >= 11 is 0. The van der Waals surface area contributed by atoms with Gasteiger partial charge in [-0.05, 0) is 17.7 Å². The summed E-state index contributed by atoms with van der Waals surface area (Å²) in [5, 5.41) is 17.0. The Morgan fingerprint density at radius 2 is 2.43 bits per heavy atom. The molecule has 0 radical (unpaired) electrons. The molecule has 0 aliphatic rings. The molecule has 5 nitrogen and oxygen atoms in total. The highest BCUT2D eigenvalue weighted by Crippen LogP contribution is 2.10. The molecule has 0 aliphatic carbocycles. The molecule has 1 rings (SSSR count). The van der Waals surface area contributed by atoms with E-state index in [0.29, 0.717) is 5.56 Å². The van der Waals surface area contributed by atoms with E-state index in [-0.39, 0.29) is 11.4 Å². The molecule has 0 aromatic carbocycles. The second-order valence-corrected chi connectivity index (χ2v) is 2.48. The van der Waals surface area contributed by atoms with Crippen molar-refractivity contribution < 1.29 is 9.90 Å². The van der Waals surface area contributed by atoms with Crippen molar-refractivity contribution in [3.63, 3.8) is 0 Å². The van der Waals surface area contributed by atoms with Crippen molar-refractivity contribution in [2.75, 3.05) is 5.73 Å². The lowest BCUT2D eigenvalue weighted by atomic mass is 10.2. The van der Waals surface area contributed by atoms with E-state index in [4.69, 9.17) is 16.1 Å². The van der Waals surface area contributed by atoms with Crippen LogP contribution in [0.15, 0.2) is 18.3 Å². The Kier molecular flexibility index (Phi) is 2.82. The summed E-state index contributed by atoms with van der Waals surface area (Å²) in [5.41, 5.74) is 6.14. The average Bonchev–Trinajstić information content (AvgIpc) is 2.16. The molecule has 1 aromatic heterocycles. The van der Waals surface area contributed by atoms with Crippen LogP contribution in [-0.4, -0.2) is 16.1 Å². The molecule has 0 amide bonds. The Balaban J connectivity index is 3.03. The van der Waals surface area contributed by atoms with E-state index >= 15 is 0 Å². The normalized spacial score (nSPS) is 9.93. The number of anilines is 1. The van der Waals surface area contributed by atoms with E-state index in [1.807, 2.05) is 6.07 Å². The molecular weight excluding hydrogens is 182 g/mol. The van der Waals surface area contributed by atoms with E-state index in [9.17, 15) is 4.79 Å². The Morgan fingerprint density at radius 3 is 3.00 bits per heavy atom. The van der Waals surface area contributed by atoms with Gasteiger partial charge in [-0.3, -0.25) is 0 Å².